The van der Waals surface area contributed by atoms with Gasteiger partial charge in [0.2, 0.25) is 10.0 Å². The maximum absolute atomic E-state index is 13.1. The van der Waals surface area contributed by atoms with E-state index in [9.17, 15) is 8.42 Å². The number of rotatable bonds is 9. The summed E-state index contributed by atoms with van der Waals surface area (Å²) in [4.78, 5) is 0.159. The number of nitrogens with zero attached hydrogens (tertiary/aromatic N) is 3. The maximum atomic E-state index is 13.1. The zero-order chi connectivity index (χ0) is 22.1. The molecule has 0 aliphatic heterocycles. The van der Waals surface area contributed by atoms with Crippen LogP contribution in [0.15, 0.2) is 41.3 Å². The predicted molar refractivity (Wildman–Crippen MR) is 120 cm³/mol. The summed E-state index contributed by atoms with van der Waals surface area (Å²) in [5, 5.41) is 14.1. The lowest BCUT2D eigenvalue weighted by Gasteiger charge is -2.62. The Bertz CT molecular complexity index is 1020. The average Bonchev–Trinajstić information content (AvgIpc) is 3.24. The molecule has 1 aromatic heterocycles. The minimum absolute atomic E-state index is 0.0776. The Labute approximate surface area is 189 Å². The van der Waals surface area contributed by atoms with Crippen molar-refractivity contribution in [1.82, 2.24) is 25.3 Å². The van der Waals surface area contributed by atoms with Crippen molar-refractivity contribution in [3.05, 3.63) is 47.3 Å². The van der Waals surface area contributed by atoms with Crippen molar-refractivity contribution in [3.8, 4) is 0 Å². The molecular weight excluding hydrogens is 434 g/mol. The quantitative estimate of drug-likeness (QED) is 0.429. The maximum Gasteiger partial charge on any atom is 0.242 e. The van der Waals surface area contributed by atoms with Crippen LogP contribution in [0.3, 0.4) is 0 Å². The van der Waals surface area contributed by atoms with Crippen molar-refractivity contribution < 1.29 is 8.42 Å². The summed E-state index contributed by atoms with van der Waals surface area (Å²) < 4.78 is 29.3. The highest BCUT2D eigenvalue weighted by Crippen LogP contribution is 2.61. The number of allylic oxidation sites excluding steroid dienone is 2. The number of nitrogens with one attached hydrogen (secondary N) is 2. The van der Waals surface area contributed by atoms with Gasteiger partial charge < -0.3 is 0 Å². The smallest absolute Gasteiger partial charge is 0.242 e. The zero-order valence-electron chi connectivity index (χ0n) is 18.0. The molecule has 1 aromatic carbocycles. The van der Waals surface area contributed by atoms with Crippen molar-refractivity contribution >= 4 is 21.6 Å². The lowest BCUT2D eigenvalue weighted by molar-refractivity contribution is -0.108. The number of unbranched alkanes of at least 4 members (excludes halogenated alkanes) is 1. The third-order valence-corrected chi connectivity index (χ3v) is 9.23. The fraction of sp³-hybridized carbons (Fsp3) is 0.591. The van der Waals surface area contributed by atoms with Gasteiger partial charge in [-0.2, -0.15) is 0 Å². The number of aryl methyl sites for hydroxylation is 1. The first-order valence-corrected chi connectivity index (χ1v) is 12.8. The lowest BCUT2D eigenvalue weighted by Crippen LogP contribution is -2.63. The Kier molecular flexibility index (Phi) is 6.51. The topological polar surface area (TPSA) is 101 Å². The number of hydrogen-bond acceptors (Lipinski definition) is 5. The zero-order valence-corrected chi connectivity index (χ0v) is 19.5. The molecule has 2 N–H and O–H groups in total. The number of aromatic amines is 1. The van der Waals surface area contributed by atoms with Gasteiger partial charge in [-0.25, -0.2) is 18.2 Å². The molecule has 168 valence electrons. The number of hydrogen-bond donors (Lipinski definition) is 2. The van der Waals surface area contributed by atoms with Crippen molar-refractivity contribution in [1.29, 1.82) is 0 Å². The number of benzene rings is 1. The van der Waals surface area contributed by atoms with Gasteiger partial charge in [-0.3, -0.25) is 0 Å². The van der Waals surface area contributed by atoms with E-state index in [4.69, 9.17) is 11.6 Å². The first-order valence-electron chi connectivity index (χ1n) is 10.9. The van der Waals surface area contributed by atoms with Crippen LogP contribution in [-0.4, -0.2) is 35.1 Å². The highest BCUT2D eigenvalue weighted by molar-refractivity contribution is 7.89. The van der Waals surface area contributed by atoms with E-state index in [0.717, 1.165) is 44.3 Å². The highest BCUT2D eigenvalue weighted by Gasteiger charge is 2.58. The Balaban J connectivity index is 1.40. The molecule has 3 saturated carbocycles. The largest absolute Gasteiger partial charge is 0.243 e. The standard InChI is InChI=1S/C22H30ClN5O2S/c1-22(2)16-13-15(9-5-3-4-6-12-20-24-27-28-25-20)21(17(22)14-16)26-31(29,30)19-11-8-7-10-18(19)23/h3,5,7-8,10-11,15-17,21,26H,4,6,9,12-14H2,1-2H3,(H,24,25,27,28)/b5-3-/t15-,16-,17-,21+/m0/s1. The van der Waals surface area contributed by atoms with Crippen LogP contribution in [0.25, 0.3) is 0 Å². The Hall–Kier alpha value is -1.77. The molecule has 3 aliphatic carbocycles. The lowest BCUT2D eigenvalue weighted by atomic mass is 9.45. The molecule has 1 heterocycles. The van der Waals surface area contributed by atoms with Crippen LogP contribution >= 0.6 is 11.6 Å². The molecule has 0 radical (unpaired) electrons. The highest BCUT2D eigenvalue weighted by atomic mass is 35.5. The molecule has 9 heteroatoms. The molecule has 0 spiro atoms. The van der Waals surface area contributed by atoms with Gasteiger partial charge in [0.15, 0.2) is 0 Å². The first-order chi connectivity index (χ1) is 14.8. The normalized spacial score (nSPS) is 27.3. The van der Waals surface area contributed by atoms with E-state index in [1.165, 1.54) is 0 Å². The van der Waals surface area contributed by atoms with Crippen LogP contribution in [0.5, 0.6) is 0 Å². The van der Waals surface area contributed by atoms with Gasteiger partial charge in [0, 0.05) is 12.5 Å². The van der Waals surface area contributed by atoms with E-state index in [1.807, 2.05) is 0 Å². The number of aromatic nitrogens is 4. The van der Waals surface area contributed by atoms with Crippen molar-refractivity contribution in [2.75, 3.05) is 0 Å². The monoisotopic (exact) mass is 463 g/mol. The minimum Gasteiger partial charge on any atom is -0.243 e. The number of H-pyrrole nitrogens is 1. The molecule has 0 unspecified atom stereocenters. The molecule has 2 aromatic rings. The second-order valence-corrected chi connectivity index (χ2v) is 11.5. The Morgan fingerprint density at radius 3 is 2.77 bits per heavy atom. The molecular formula is C22H30ClN5O2S. The second kappa shape index (κ2) is 9.00. The van der Waals surface area contributed by atoms with Gasteiger partial charge in [-0.1, -0.05) is 49.7 Å². The molecule has 2 bridgehead atoms. The van der Waals surface area contributed by atoms with Crippen LogP contribution in [0, 0.1) is 23.2 Å². The van der Waals surface area contributed by atoms with E-state index in [1.54, 1.807) is 24.3 Å². The van der Waals surface area contributed by atoms with Crippen LogP contribution < -0.4 is 4.72 Å². The third-order valence-electron chi connectivity index (χ3n) is 7.27. The summed E-state index contributed by atoms with van der Waals surface area (Å²) in [5.74, 6) is 2.11. The van der Waals surface area contributed by atoms with Gasteiger partial charge in [0.25, 0.3) is 0 Å². The van der Waals surface area contributed by atoms with E-state index in [-0.39, 0.29) is 21.4 Å². The van der Waals surface area contributed by atoms with Gasteiger partial charge in [-0.05, 0) is 77.8 Å². The molecule has 4 atom stereocenters. The average molecular weight is 464 g/mol. The van der Waals surface area contributed by atoms with Gasteiger partial charge in [0.1, 0.15) is 10.7 Å². The third kappa shape index (κ3) is 4.71. The summed E-state index contributed by atoms with van der Waals surface area (Å²) >= 11 is 6.19. The number of tetrazole rings is 1. The van der Waals surface area contributed by atoms with Crippen LogP contribution in [0.4, 0.5) is 0 Å². The van der Waals surface area contributed by atoms with Crippen molar-refractivity contribution in [2.24, 2.45) is 23.2 Å². The molecule has 5 rings (SSSR count). The summed E-state index contributed by atoms with van der Waals surface area (Å²) in [6.45, 7) is 4.54. The Morgan fingerprint density at radius 2 is 2.06 bits per heavy atom. The second-order valence-electron chi connectivity index (χ2n) is 9.38. The SMILES string of the molecule is CC1(C)[C@H]2C[C@H](C/C=C\CCCc3nnn[nH]3)[C@@H](NS(=O)(=O)c3ccccc3Cl)[C@@H]1C2. The fourth-order valence-electron chi connectivity index (χ4n) is 5.29. The van der Waals surface area contributed by atoms with E-state index < -0.39 is 10.0 Å². The summed E-state index contributed by atoms with van der Waals surface area (Å²) in [5.41, 5.74) is 0.166. The number of sulfonamides is 1. The summed E-state index contributed by atoms with van der Waals surface area (Å²) in [6.07, 6.45) is 10.1. The van der Waals surface area contributed by atoms with Crippen molar-refractivity contribution in [3.63, 3.8) is 0 Å². The number of halogens is 1. The number of fused-ring (bicyclic) bond motifs is 2. The van der Waals surface area contributed by atoms with Crippen LogP contribution in [-0.2, 0) is 16.4 Å². The van der Waals surface area contributed by atoms with Crippen LogP contribution in [0.1, 0.15) is 51.8 Å². The van der Waals surface area contributed by atoms with Gasteiger partial charge in [-0.15, -0.1) is 5.10 Å². The van der Waals surface area contributed by atoms with E-state index >= 15 is 0 Å². The molecule has 7 nitrogen and oxygen atoms in total. The Morgan fingerprint density at radius 1 is 1.26 bits per heavy atom. The minimum atomic E-state index is -3.67. The first kappa shape index (κ1) is 22.4. The fourth-order valence-corrected chi connectivity index (χ4v) is 7.16. The van der Waals surface area contributed by atoms with Crippen LogP contribution in [0.2, 0.25) is 5.02 Å². The van der Waals surface area contributed by atoms with Crippen molar-refractivity contribution in [2.45, 2.75) is 63.3 Å². The molecule has 3 fully saturated rings. The van der Waals surface area contributed by atoms with Gasteiger partial charge >= 0.3 is 0 Å². The van der Waals surface area contributed by atoms with E-state index in [2.05, 4.69) is 51.3 Å². The molecule has 0 saturated heterocycles. The van der Waals surface area contributed by atoms with Gasteiger partial charge in [0.05, 0.1) is 5.02 Å². The molecule has 0 amide bonds. The van der Waals surface area contributed by atoms with E-state index in [0.29, 0.717) is 17.8 Å². The molecule has 3 aliphatic rings. The summed E-state index contributed by atoms with van der Waals surface area (Å²) in [7, 11) is -3.67. The summed E-state index contributed by atoms with van der Waals surface area (Å²) in [6, 6.07) is 6.57. The molecule has 31 heavy (non-hydrogen) atoms. The predicted octanol–water partition coefficient (Wildman–Crippen LogP) is 4.15.